The van der Waals surface area contributed by atoms with Gasteiger partial charge in [0, 0.05) is 12.0 Å². The molecule has 5 heteroatoms. The molecule has 4 atom stereocenters. The Morgan fingerprint density at radius 3 is 1.79 bits per heavy atom. The fourth-order valence-corrected chi connectivity index (χ4v) is 4.19. The molecule has 1 aliphatic heterocycles. The lowest BCUT2D eigenvalue weighted by Gasteiger charge is -2.45. The third-order valence-corrected chi connectivity index (χ3v) is 5.11. The van der Waals surface area contributed by atoms with Gasteiger partial charge >= 0.3 is 11.9 Å². The predicted octanol–water partition coefficient (Wildman–Crippen LogP) is 1.96. The number of carboxylic acids is 2. The Kier molecular flexibility index (Phi) is 3.76. The fraction of sp³-hybridized carbons (Fsp3) is 0.857. The first-order chi connectivity index (χ1) is 8.48. The van der Waals surface area contributed by atoms with E-state index < -0.39 is 40.3 Å². The lowest BCUT2D eigenvalue weighted by molar-refractivity contribution is -0.163. The van der Waals surface area contributed by atoms with Gasteiger partial charge in [0.15, 0.2) is 0 Å². The summed E-state index contributed by atoms with van der Waals surface area (Å²) in [6.07, 6.45) is 0.360. The molecule has 110 valence electrons. The average Bonchev–Trinajstić information content (AvgIpc) is 2.47. The molecule has 0 bridgehead atoms. The van der Waals surface area contributed by atoms with Crippen LogP contribution in [0.3, 0.4) is 0 Å². The standard InChI is InChI=1S/C14H25NO4/c1-7-13(10(16)17)8(2)14(11(18)19,9(3)15-13)12(4,5)6/h8-9,15H,7H2,1-6H3,(H,16,17)(H,18,19)/t8-,9+,13-,14+/m1/s1. The van der Waals surface area contributed by atoms with Gasteiger partial charge in [-0.05, 0) is 18.8 Å². The van der Waals surface area contributed by atoms with Gasteiger partial charge in [0.2, 0.25) is 0 Å². The van der Waals surface area contributed by atoms with Crippen molar-refractivity contribution in [1.82, 2.24) is 5.32 Å². The van der Waals surface area contributed by atoms with E-state index in [9.17, 15) is 19.8 Å². The van der Waals surface area contributed by atoms with Crippen LogP contribution in [0.4, 0.5) is 0 Å². The van der Waals surface area contributed by atoms with Gasteiger partial charge in [-0.15, -0.1) is 0 Å². The van der Waals surface area contributed by atoms with Gasteiger partial charge < -0.3 is 10.2 Å². The molecule has 1 rings (SSSR count). The number of hydrogen-bond acceptors (Lipinski definition) is 3. The Balaban J connectivity index is 3.53. The lowest BCUT2D eigenvalue weighted by Crippen LogP contribution is -2.55. The summed E-state index contributed by atoms with van der Waals surface area (Å²) in [5.74, 6) is -2.40. The van der Waals surface area contributed by atoms with E-state index >= 15 is 0 Å². The molecule has 19 heavy (non-hydrogen) atoms. The highest BCUT2D eigenvalue weighted by Crippen LogP contribution is 2.56. The van der Waals surface area contributed by atoms with Crippen LogP contribution in [-0.2, 0) is 9.59 Å². The molecule has 5 nitrogen and oxygen atoms in total. The van der Waals surface area contributed by atoms with Crippen molar-refractivity contribution in [3.63, 3.8) is 0 Å². The maximum absolute atomic E-state index is 12.0. The lowest BCUT2D eigenvalue weighted by atomic mass is 9.55. The first-order valence-electron chi connectivity index (χ1n) is 6.73. The van der Waals surface area contributed by atoms with Crippen molar-refractivity contribution in [3.8, 4) is 0 Å². The van der Waals surface area contributed by atoms with Crippen LogP contribution < -0.4 is 5.32 Å². The highest BCUT2D eigenvalue weighted by atomic mass is 16.4. The molecule has 0 aliphatic carbocycles. The van der Waals surface area contributed by atoms with Gasteiger partial charge in [-0.2, -0.15) is 0 Å². The van der Waals surface area contributed by atoms with E-state index in [2.05, 4.69) is 5.32 Å². The fourth-order valence-electron chi connectivity index (χ4n) is 4.19. The molecule has 0 amide bonds. The molecule has 1 saturated heterocycles. The zero-order valence-electron chi connectivity index (χ0n) is 12.6. The maximum Gasteiger partial charge on any atom is 0.324 e. The SMILES string of the molecule is CC[C@@]1(C(=O)O)N[C@@H](C)[C@@](C(=O)O)(C(C)(C)C)[C@@H]1C. The molecule has 1 heterocycles. The van der Waals surface area contributed by atoms with E-state index in [1.54, 1.807) is 20.8 Å². The molecule has 0 aromatic rings. The highest BCUT2D eigenvalue weighted by Gasteiger charge is 2.69. The quantitative estimate of drug-likeness (QED) is 0.730. The smallest absolute Gasteiger partial charge is 0.324 e. The van der Waals surface area contributed by atoms with Gasteiger partial charge in [-0.3, -0.25) is 14.9 Å². The molecule has 0 saturated carbocycles. The second-order valence-corrected chi connectivity index (χ2v) is 6.64. The van der Waals surface area contributed by atoms with Gasteiger partial charge in [0.05, 0.1) is 5.41 Å². The summed E-state index contributed by atoms with van der Waals surface area (Å²) in [5.41, 5.74) is -2.83. The zero-order valence-corrected chi connectivity index (χ0v) is 12.6. The highest BCUT2D eigenvalue weighted by molar-refractivity contribution is 5.85. The van der Waals surface area contributed by atoms with Crippen LogP contribution in [0.5, 0.6) is 0 Å². The summed E-state index contributed by atoms with van der Waals surface area (Å²) in [5, 5.41) is 22.5. The third kappa shape index (κ3) is 1.78. The van der Waals surface area contributed by atoms with E-state index in [0.29, 0.717) is 6.42 Å². The molecule has 0 aromatic heterocycles. The number of nitrogens with one attached hydrogen (secondary N) is 1. The summed E-state index contributed by atoms with van der Waals surface area (Å²) in [6, 6.07) is -0.406. The topological polar surface area (TPSA) is 86.6 Å². The summed E-state index contributed by atoms with van der Waals surface area (Å²) < 4.78 is 0. The van der Waals surface area contributed by atoms with Crippen LogP contribution in [0.2, 0.25) is 0 Å². The summed E-state index contributed by atoms with van der Waals surface area (Å²) in [6.45, 7) is 10.9. The van der Waals surface area contributed by atoms with Crippen molar-refractivity contribution >= 4 is 11.9 Å². The van der Waals surface area contributed by atoms with Crippen molar-refractivity contribution in [3.05, 3.63) is 0 Å². The van der Waals surface area contributed by atoms with Crippen molar-refractivity contribution in [2.75, 3.05) is 0 Å². The normalized spacial score (nSPS) is 39.3. The first kappa shape index (κ1) is 16.0. The second kappa shape index (κ2) is 4.47. The number of carboxylic acid groups (broad SMARTS) is 2. The Morgan fingerprint density at radius 1 is 1.16 bits per heavy atom. The minimum absolute atomic E-state index is 0.360. The molecule has 1 fully saturated rings. The van der Waals surface area contributed by atoms with Crippen molar-refractivity contribution in [2.24, 2.45) is 16.7 Å². The predicted molar refractivity (Wildman–Crippen MR) is 71.9 cm³/mol. The summed E-state index contributed by atoms with van der Waals surface area (Å²) >= 11 is 0. The Morgan fingerprint density at radius 2 is 1.63 bits per heavy atom. The van der Waals surface area contributed by atoms with Gasteiger partial charge in [0.25, 0.3) is 0 Å². The molecule has 3 N–H and O–H groups in total. The minimum Gasteiger partial charge on any atom is -0.481 e. The first-order valence-corrected chi connectivity index (χ1v) is 6.73. The third-order valence-electron chi connectivity index (χ3n) is 5.11. The van der Waals surface area contributed by atoms with Crippen molar-refractivity contribution < 1.29 is 19.8 Å². The van der Waals surface area contributed by atoms with E-state index in [4.69, 9.17) is 0 Å². The minimum atomic E-state index is -1.18. The number of aliphatic carboxylic acids is 2. The van der Waals surface area contributed by atoms with E-state index in [1.165, 1.54) is 0 Å². The number of carbonyl (C=O) groups is 2. The Hall–Kier alpha value is -1.10. The molecular formula is C14H25NO4. The van der Waals surface area contributed by atoms with E-state index in [-0.39, 0.29) is 0 Å². The van der Waals surface area contributed by atoms with Crippen molar-refractivity contribution in [1.29, 1.82) is 0 Å². The molecule has 0 unspecified atom stereocenters. The molecule has 1 aliphatic rings. The van der Waals surface area contributed by atoms with Gasteiger partial charge in [0.1, 0.15) is 5.54 Å². The van der Waals surface area contributed by atoms with Crippen molar-refractivity contribution in [2.45, 2.75) is 59.5 Å². The number of hydrogen-bond donors (Lipinski definition) is 3. The molecule has 0 spiro atoms. The average molecular weight is 271 g/mol. The molecule has 0 aromatic carbocycles. The van der Waals surface area contributed by atoms with Gasteiger partial charge in [-0.1, -0.05) is 34.6 Å². The van der Waals surface area contributed by atoms with Crippen LogP contribution >= 0.6 is 0 Å². The molecular weight excluding hydrogens is 246 g/mol. The molecule has 0 radical (unpaired) electrons. The maximum atomic E-state index is 12.0. The van der Waals surface area contributed by atoms with Crippen LogP contribution in [0.1, 0.15) is 48.0 Å². The van der Waals surface area contributed by atoms with Crippen LogP contribution in [0, 0.1) is 16.7 Å². The Labute approximate surface area is 114 Å². The zero-order chi connectivity index (χ0) is 15.2. The van der Waals surface area contributed by atoms with Crippen LogP contribution in [-0.4, -0.2) is 33.7 Å². The van der Waals surface area contributed by atoms with E-state index in [1.807, 2.05) is 20.8 Å². The van der Waals surface area contributed by atoms with Crippen LogP contribution in [0.25, 0.3) is 0 Å². The Bertz CT molecular complexity index is 401. The number of rotatable bonds is 3. The van der Waals surface area contributed by atoms with E-state index in [0.717, 1.165) is 0 Å². The van der Waals surface area contributed by atoms with Crippen LogP contribution in [0.15, 0.2) is 0 Å². The van der Waals surface area contributed by atoms with Gasteiger partial charge in [-0.25, -0.2) is 0 Å². The summed E-state index contributed by atoms with van der Waals surface area (Å²) in [7, 11) is 0. The summed E-state index contributed by atoms with van der Waals surface area (Å²) in [4.78, 5) is 23.7. The largest absolute Gasteiger partial charge is 0.481 e. The monoisotopic (exact) mass is 271 g/mol. The second-order valence-electron chi connectivity index (χ2n) is 6.64.